The zero-order valence-electron chi connectivity index (χ0n) is 10.6. The van der Waals surface area contributed by atoms with Crippen LogP contribution in [0.3, 0.4) is 0 Å². The normalized spacial score (nSPS) is 25.8. The average Bonchev–Trinajstić information content (AvgIpc) is 2.25. The van der Waals surface area contributed by atoms with E-state index in [0.29, 0.717) is 12.0 Å². The van der Waals surface area contributed by atoms with Crippen molar-refractivity contribution in [3.05, 3.63) is 0 Å². The molecule has 94 valence electrons. The molecule has 0 saturated carbocycles. The monoisotopic (exact) mass is 228 g/mol. The number of amides is 1. The summed E-state index contributed by atoms with van der Waals surface area (Å²) >= 11 is 0. The van der Waals surface area contributed by atoms with Crippen LogP contribution in [0.15, 0.2) is 0 Å². The largest absolute Gasteiger partial charge is 0.369 e. The Morgan fingerprint density at radius 3 is 2.81 bits per heavy atom. The number of nitrogens with one attached hydrogen (secondary N) is 2. The summed E-state index contributed by atoms with van der Waals surface area (Å²) in [5.74, 6) is 0.562. The minimum absolute atomic E-state index is 0.00711. The summed E-state index contributed by atoms with van der Waals surface area (Å²) in [6.45, 7) is 8.01. The van der Waals surface area contributed by atoms with Crippen molar-refractivity contribution in [2.24, 2.45) is 5.92 Å². The van der Waals surface area contributed by atoms with E-state index in [4.69, 9.17) is 4.74 Å². The maximum atomic E-state index is 11.4. The molecule has 2 atom stereocenters. The minimum atomic E-state index is -0.00711. The molecule has 1 aliphatic heterocycles. The fourth-order valence-electron chi connectivity index (χ4n) is 1.78. The van der Waals surface area contributed by atoms with Crippen LogP contribution in [0.5, 0.6) is 0 Å². The molecule has 0 aromatic carbocycles. The molecule has 16 heavy (non-hydrogen) atoms. The highest BCUT2D eigenvalue weighted by molar-refractivity contribution is 5.77. The topological polar surface area (TPSA) is 50.4 Å². The van der Waals surface area contributed by atoms with Crippen molar-refractivity contribution in [3.63, 3.8) is 0 Å². The average molecular weight is 228 g/mol. The van der Waals surface area contributed by atoms with Gasteiger partial charge in [-0.2, -0.15) is 0 Å². The predicted molar refractivity (Wildman–Crippen MR) is 64.3 cm³/mol. The fourth-order valence-corrected chi connectivity index (χ4v) is 1.78. The maximum absolute atomic E-state index is 11.4. The van der Waals surface area contributed by atoms with Crippen molar-refractivity contribution in [1.29, 1.82) is 0 Å². The Morgan fingerprint density at radius 1 is 1.50 bits per heavy atom. The van der Waals surface area contributed by atoms with Crippen LogP contribution < -0.4 is 10.6 Å². The SMILES string of the molecule is CC1CCC(CNC(=O)COC(C)C)CN1. The standard InChI is InChI=1S/C12H24N2O2/c1-9(2)16-8-12(15)14-7-11-5-4-10(3)13-6-11/h9-11,13H,4-8H2,1-3H3,(H,14,15). The van der Waals surface area contributed by atoms with E-state index in [2.05, 4.69) is 17.6 Å². The summed E-state index contributed by atoms with van der Waals surface area (Å²) in [6.07, 6.45) is 2.51. The van der Waals surface area contributed by atoms with E-state index < -0.39 is 0 Å². The lowest BCUT2D eigenvalue weighted by atomic mass is 9.95. The van der Waals surface area contributed by atoms with Crippen molar-refractivity contribution >= 4 is 5.91 Å². The van der Waals surface area contributed by atoms with Crippen LogP contribution in [-0.2, 0) is 9.53 Å². The van der Waals surface area contributed by atoms with E-state index in [1.807, 2.05) is 13.8 Å². The van der Waals surface area contributed by atoms with Crippen molar-refractivity contribution in [3.8, 4) is 0 Å². The second kappa shape index (κ2) is 6.86. The summed E-state index contributed by atoms with van der Waals surface area (Å²) in [4.78, 5) is 11.4. The first-order chi connectivity index (χ1) is 7.58. The molecule has 0 spiro atoms. The molecule has 1 amide bonds. The third-order valence-corrected chi connectivity index (χ3v) is 2.90. The summed E-state index contributed by atoms with van der Waals surface area (Å²) in [7, 11) is 0. The van der Waals surface area contributed by atoms with Gasteiger partial charge in [-0.3, -0.25) is 4.79 Å². The van der Waals surface area contributed by atoms with Crippen molar-refractivity contribution in [1.82, 2.24) is 10.6 Å². The van der Waals surface area contributed by atoms with E-state index in [-0.39, 0.29) is 18.6 Å². The Morgan fingerprint density at radius 2 is 2.25 bits per heavy atom. The first kappa shape index (κ1) is 13.5. The zero-order chi connectivity index (χ0) is 12.0. The predicted octanol–water partition coefficient (Wildman–Crippen LogP) is 0.916. The lowest BCUT2D eigenvalue weighted by molar-refractivity contribution is -0.127. The quantitative estimate of drug-likeness (QED) is 0.735. The Hall–Kier alpha value is -0.610. The number of ether oxygens (including phenoxy) is 1. The first-order valence-electron chi connectivity index (χ1n) is 6.19. The van der Waals surface area contributed by atoms with Gasteiger partial charge in [0.05, 0.1) is 6.10 Å². The van der Waals surface area contributed by atoms with E-state index in [1.54, 1.807) is 0 Å². The molecule has 0 aromatic rings. The van der Waals surface area contributed by atoms with Gasteiger partial charge in [0.25, 0.3) is 0 Å². The number of hydrogen-bond donors (Lipinski definition) is 2. The highest BCUT2D eigenvalue weighted by atomic mass is 16.5. The molecule has 1 aliphatic rings. The minimum Gasteiger partial charge on any atom is -0.369 e. The second-order valence-corrected chi connectivity index (χ2v) is 4.92. The fraction of sp³-hybridized carbons (Fsp3) is 0.917. The number of rotatable bonds is 5. The molecule has 2 unspecified atom stereocenters. The summed E-state index contributed by atoms with van der Waals surface area (Å²) in [5.41, 5.74) is 0. The Bertz CT molecular complexity index is 211. The number of hydrogen-bond acceptors (Lipinski definition) is 3. The smallest absolute Gasteiger partial charge is 0.246 e. The van der Waals surface area contributed by atoms with Gasteiger partial charge in [0.1, 0.15) is 6.61 Å². The zero-order valence-corrected chi connectivity index (χ0v) is 10.6. The highest BCUT2D eigenvalue weighted by Crippen LogP contribution is 2.12. The summed E-state index contributed by atoms with van der Waals surface area (Å²) < 4.78 is 5.23. The van der Waals surface area contributed by atoms with Gasteiger partial charge in [-0.05, 0) is 46.1 Å². The summed E-state index contributed by atoms with van der Waals surface area (Å²) in [6, 6.07) is 0.622. The maximum Gasteiger partial charge on any atom is 0.246 e. The van der Waals surface area contributed by atoms with Gasteiger partial charge in [-0.25, -0.2) is 0 Å². The van der Waals surface area contributed by atoms with Gasteiger partial charge in [0, 0.05) is 12.6 Å². The number of carbonyl (C=O) groups is 1. The highest BCUT2D eigenvalue weighted by Gasteiger charge is 2.17. The van der Waals surface area contributed by atoms with Crippen LogP contribution in [0.25, 0.3) is 0 Å². The van der Waals surface area contributed by atoms with Crippen molar-refractivity contribution in [2.45, 2.75) is 45.8 Å². The molecule has 0 radical (unpaired) electrons. The van der Waals surface area contributed by atoms with Crippen molar-refractivity contribution in [2.75, 3.05) is 19.7 Å². The Kier molecular flexibility index (Phi) is 5.77. The van der Waals surface area contributed by atoms with E-state index in [9.17, 15) is 4.79 Å². The van der Waals surface area contributed by atoms with Gasteiger partial charge in [0.15, 0.2) is 0 Å². The molecule has 1 saturated heterocycles. The third-order valence-electron chi connectivity index (χ3n) is 2.90. The Balaban J connectivity index is 2.07. The van der Waals surface area contributed by atoms with Crippen LogP contribution in [0.2, 0.25) is 0 Å². The second-order valence-electron chi connectivity index (χ2n) is 4.92. The molecule has 0 aliphatic carbocycles. The molecule has 4 nitrogen and oxygen atoms in total. The van der Waals surface area contributed by atoms with Gasteiger partial charge < -0.3 is 15.4 Å². The Labute approximate surface area is 98.1 Å². The van der Waals surface area contributed by atoms with E-state index in [0.717, 1.165) is 13.1 Å². The van der Waals surface area contributed by atoms with Crippen molar-refractivity contribution < 1.29 is 9.53 Å². The van der Waals surface area contributed by atoms with E-state index >= 15 is 0 Å². The molecule has 2 N–H and O–H groups in total. The third kappa shape index (κ3) is 5.47. The van der Waals surface area contributed by atoms with Crippen LogP contribution in [0.4, 0.5) is 0 Å². The summed E-state index contributed by atoms with van der Waals surface area (Å²) in [5, 5.41) is 6.34. The van der Waals surface area contributed by atoms with E-state index in [1.165, 1.54) is 12.8 Å². The van der Waals surface area contributed by atoms with Gasteiger partial charge in [0.2, 0.25) is 5.91 Å². The van der Waals surface area contributed by atoms with Crippen LogP contribution >= 0.6 is 0 Å². The molecule has 0 bridgehead atoms. The first-order valence-corrected chi connectivity index (χ1v) is 6.19. The molecule has 4 heteroatoms. The van der Waals surface area contributed by atoms with Crippen LogP contribution in [0.1, 0.15) is 33.6 Å². The number of piperidine rings is 1. The van der Waals surface area contributed by atoms with Crippen LogP contribution in [-0.4, -0.2) is 37.7 Å². The lowest BCUT2D eigenvalue weighted by Gasteiger charge is -2.27. The van der Waals surface area contributed by atoms with Gasteiger partial charge in [-0.1, -0.05) is 0 Å². The number of carbonyl (C=O) groups excluding carboxylic acids is 1. The molecule has 1 rings (SSSR count). The molecular formula is C12H24N2O2. The molecule has 1 heterocycles. The molecular weight excluding hydrogens is 204 g/mol. The molecule has 1 fully saturated rings. The lowest BCUT2D eigenvalue weighted by Crippen LogP contribution is -2.42. The van der Waals surface area contributed by atoms with Gasteiger partial charge in [-0.15, -0.1) is 0 Å². The van der Waals surface area contributed by atoms with Gasteiger partial charge >= 0.3 is 0 Å². The van der Waals surface area contributed by atoms with Crippen LogP contribution in [0, 0.1) is 5.92 Å². The molecule has 0 aromatic heterocycles.